The van der Waals surface area contributed by atoms with E-state index in [1.165, 1.54) is 0 Å². The van der Waals surface area contributed by atoms with Gasteiger partial charge in [0, 0.05) is 18.6 Å². The predicted octanol–water partition coefficient (Wildman–Crippen LogP) is 3.22. The summed E-state index contributed by atoms with van der Waals surface area (Å²) in [5.74, 6) is -3.23. The zero-order valence-corrected chi connectivity index (χ0v) is 11.9. The zero-order chi connectivity index (χ0) is 14.9. The number of rotatable bonds is 3. The summed E-state index contributed by atoms with van der Waals surface area (Å²) in [7, 11) is 0. The van der Waals surface area contributed by atoms with Crippen LogP contribution in [0.3, 0.4) is 0 Å². The summed E-state index contributed by atoms with van der Waals surface area (Å²) in [6.07, 6.45) is 2.18. The molecule has 2 rings (SSSR count). The van der Waals surface area contributed by atoms with Crippen LogP contribution in [0.5, 0.6) is 0 Å². The lowest BCUT2D eigenvalue weighted by Gasteiger charge is -2.42. The lowest BCUT2D eigenvalue weighted by molar-refractivity contribution is 0.0706. The molecule has 1 aliphatic rings. The molecule has 0 spiro atoms. The fourth-order valence-corrected chi connectivity index (χ4v) is 3.04. The SMILES string of the molecule is CC1CCCN(C(CN)c2cc(F)c(F)c(F)c2)C1C. The minimum atomic E-state index is -1.43. The number of nitrogens with two attached hydrogens (primary N) is 1. The Morgan fingerprint density at radius 3 is 2.40 bits per heavy atom. The molecule has 0 aliphatic carbocycles. The van der Waals surface area contributed by atoms with Crippen LogP contribution < -0.4 is 5.73 Å². The largest absolute Gasteiger partial charge is 0.329 e. The van der Waals surface area contributed by atoms with Gasteiger partial charge in [0.25, 0.3) is 0 Å². The second kappa shape index (κ2) is 6.14. The third-order valence-corrected chi connectivity index (χ3v) is 4.44. The summed E-state index contributed by atoms with van der Waals surface area (Å²) in [5, 5.41) is 0. The maximum Gasteiger partial charge on any atom is 0.194 e. The molecule has 1 heterocycles. The van der Waals surface area contributed by atoms with Gasteiger partial charge < -0.3 is 5.73 Å². The molecule has 112 valence electrons. The minimum Gasteiger partial charge on any atom is -0.329 e. The molecule has 1 aromatic rings. The van der Waals surface area contributed by atoms with Crippen LogP contribution in [0.25, 0.3) is 0 Å². The first-order valence-corrected chi connectivity index (χ1v) is 7.06. The van der Waals surface area contributed by atoms with Crippen LogP contribution in [0.15, 0.2) is 12.1 Å². The molecule has 3 unspecified atom stereocenters. The fourth-order valence-electron chi connectivity index (χ4n) is 3.04. The maximum absolute atomic E-state index is 13.4. The van der Waals surface area contributed by atoms with E-state index in [4.69, 9.17) is 5.73 Å². The standard InChI is InChI=1S/C15H21F3N2/c1-9-4-3-5-20(10(9)2)14(8-19)11-6-12(16)15(18)13(17)7-11/h6-7,9-10,14H,3-5,8,19H2,1-2H3. The highest BCUT2D eigenvalue weighted by Gasteiger charge is 2.31. The molecule has 5 heteroatoms. The first-order valence-electron chi connectivity index (χ1n) is 7.06. The van der Waals surface area contributed by atoms with E-state index in [9.17, 15) is 13.2 Å². The van der Waals surface area contributed by atoms with Gasteiger partial charge in [-0.1, -0.05) is 6.92 Å². The number of nitrogens with zero attached hydrogens (tertiary/aromatic N) is 1. The fraction of sp³-hybridized carbons (Fsp3) is 0.600. The molecule has 20 heavy (non-hydrogen) atoms. The summed E-state index contributed by atoms with van der Waals surface area (Å²) < 4.78 is 39.9. The summed E-state index contributed by atoms with van der Waals surface area (Å²) in [4.78, 5) is 2.17. The highest BCUT2D eigenvalue weighted by atomic mass is 19.2. The van der Waals surface area contributed by atoms with Crippen LogP contribution in [-0.2, 0) is 0 Å². The molecular weight excluding hydrogens is 265 g/mol. The van der Waals surface area contributed by atoms with Crippen molar-refractivity contribution in [3.63, 3.8) is 0 Å². The summed E-state index contributed by atoms with van der Waals surface area (Å²) in [6, 6.07) is 2.12. The van der Waals surface area contributed by atoms with Gasteiger partial charge in [-0.15, -0.1) is 0 Å². The molecule has 1 aliphatic heterocycles. The molecule has 1 aromatic carbocycles. The molecule has 0 saturated carbocycles. The molecular formula is C15H21F3N2. The van der Waals surface area contributed by atoms with E-state index in [1.54, 1.807) is 0 Å². The molecule has 0 bridgehead atoms. The summed E-state index contributed by atoms with van der Waals surface area (Å²) in [5.41, 5.74) is 6.21. The second-order valence-corrected chi connectivity index (χ2v) is 5.65. The average Bonchev–Trinajstić information content (AvgIpc) is 2.41. The van der Waals surface area contributed by atoms with Gasteiger partial charge in [-0.25, -0.2) is 13.2 Å². The van der Waals surface area contributed by atoms with Crippen molar-refractivity contribution >= 4 is 0 Å². The van der Waals surface area contributed by atoms with Gasteiger partial charge in [0.1, 0.15) is 0 Å². The lowest BCUT2D eigenvalue weighted by Crippen LogP contribution is -2.46. The monoisotopic (exact) mass is 286 g/mol. The van der Waals surface area contributed by atoms with E-state index in [2.05, 4.69) is 18.7 Å². The zero-order valence-electron chi connectivity index (χ0n) is 11.9. The lowest BCUT2D eigenvalue weighted by atomic mass is 9.89. The van der Waals surface area contributed by atoms with Gasteiger partial charge >= 0.3 is 0 Å². The number of hydrogen-bond acceptors (Lipinski definition) is 2. The van der Waals surface area contributed by atoms with Crippen molar-refractivity contribution in [1.82, 2.24) is 4.90 Å². The van der Waals surface area contributed by atoms with Crippen molar-refractivity contribution in [2.45, 2.75) is 38.8 Å². The van der Waals surface area contributed by atoms with E-state index >= 15 is 0 Å². The number of piperidine rings is 1. The number of hydrogen-bond donors (Lipinski definition) is 1. The number of likely N-dealkylation sites (tertiary alicyclic amines) is 1. The number of benzene rings is 1. The Bertz CT molecular complexity index is 455. The van der Waals surface area contributed by atoms with Crippen LogP contribution in [0.4, 0.5) is 13.2 Å². The van der Waals surface area contributed by atoms with E-state index in [0.717, 1.165) is 31.5 Å². The van der Waals surface area contributed by atoms with Crippen molar-refractivity contribution in [2.24, 2.45) is 11.7 Å². The summed E-state index contributed by atoms with van der Waals surface area (Å²) >= 11 is 0. The highest BCUT2D eigenvalue weighted by molar-refractivity contribution is 5.23. The van der Waals surface area contributed by atoms with Crippen molar-refractivity contribution in [2.75, 3.05) is 13.1 Å². The van der Waals surface area contributed by atoms with Gasteiger partial charge in [0.2, 0.25) is 0 Å². The minimum absolute atomic E-state index is 0.252. The van der Waals surface area contributed by atoms with Gasteiger partial charge in [-0.05, 0) is 49.9 Å². The van der Waals surface area contributed by atoms with Crippen LogP contribution >= 0.6 is 0 Å². The van der Waals surface area contributed by atoms with Crippen LogP contribution in [0.2, 0.25) is 0 Å². The summed E-state index contributed by atoms with van der Waals surface area (Å²) in [6.45, 7) is 5.36. The predicted molar refractivity (Wildman–Crippen MR) is 72.7 cm³/mol. The Balaban J connectivity index is 2.32. The first kappa shape index (κ1) is 15.3. The van der Waals surface area contributed by atoms with Gasteiger partial charge in [0.05, 0.1) is 0 Å². The second-order valence-electron chi connectivity index (χ2n) is 5.65. The molecule has 0 amide bonds. The van der Waals surface area contributed by atoms with Crippen molar-refractivity contribution in [1.29, 1.82) is 0 Å². The Morgan fingerprint density at radius 1 is 1.25 bits per heavy atom. The third kappa shape index (κ3) is 2.83. The number of halogens is 3. The molecule has 1 saturated heterocycles. The quantitative estimate of drug-likeness (QED) is 0.864. The topological polar surface area (TPSA) is 29.3 Å². The third-order valence-electron chi connectivity index (χ3n) is 4.44. The van der Waals surface area contributed by atoms with Crippen molar-refractivity contribution in [3.8, 4) is 0 Å². The smallest absolute Gasteiger partial charge is 0.194 e. The van der Waals surface area contributed by atoms with E-state index < -0.39 is 17.5 Å². The van der Waals surface area contributed by atoms with Crippen LogP contribution in [0, 0.1) is 23.4 Å². The van der Waals surface area contributed by atoms with Crippen molar-refractivity contribution in [3.05, 3.63) is 35.1 Å². The van der Waals surface area contributed by atoms with E-state index in [-0.39, 0.29) is 18.6 Å². The van der Waals surface area contributed by atoms with Crippen LogP contribution in [-0.4, -0.2) is 24.0 Å². The highest BCUT2D eigenvalue weighted by Crippen LogP contribution is 2.32. The molecule has 0 radical (unpaired) electrons. The van der Waals surface area contributed by atoms with Gasteiger partial charge in [-0.2, -0.15) is 0 Å². The molecule has 0 aromatic heterocycles. The van der Waals surface area contributed by atoms with Gasteiger partial charge in [0.15, 0.2) is 17.5 Å². The first-order chi connectivity index (χ1) is 9.45. The Kier molecular flexibility index (Phi) is 4.70. The Morgan fingerprint density at radius 2 is 1.85 bits per heavy atom. The van der Waals surface area contributed by atoms with Gasteiger partial charge in [-0.3, -0.25) is 4.90 Å². The molecule has 1 fully saturated rings. The van der Waals surface area contributed by atoms with Crippen LogP contribution in [0.1, 0.15) is 38.3 Å². The maximum atomic E-state index is 13.4. The Hall–Kier alpha value is -1.07. The molecule has 3 atom stereocenters. The van der Waals surface area contributed by atoms with Crippen molar-refractivity contribution < 1.29 is 13.2 Å². The average molecular weight is 286 g/mol. The van der Waals surface area contributed by atoms with E-state index in [0.29, 0.717) is 11.5 Å². The normalized spacial score (nSPS) is 25.7. The van der Waals surface area contributed by atoms with E-state index in [1.807, 2.05) is 0 Å². The Labute approximate surface area is 117 Å². The molecule has 2 N–H and O–H groups in total. The molecule has 2 nitrogen and oxygen atoms in total.